The summed E-state index contributed by atoms with van der Waals surface area (Å²) in [6, 6.07) is 27.2. The number of fused-ring (bicyclic) bond motifs is 1. The molecule has 0 spiro atoms. The molecule has 6 rings (SSSR count). The summed E-state index contributed by atoms with van der Waals surface area (Å²) in [7, 11) is 4.09. The first kappa shape index (κ1) is 33.2. The van der Waals surface area contributed by atoms with E-state index in [0.717, 1.165) is 55.5 Å². The monoisotopic (exact) mass is 644 g/mol. The van der Waals surface area contributed by atoms with Crippen LogP contribution in [-0.4, -0.2) is 52.9 Å². The maximum atomic E-state index is 14.5. The van der Waals surface area contributed by atoms with Crippen LogP contribution >= 0.6 is 0 Å². The molecule has 1 aromatic heterocycles. The number of hydrogen-bond donors (Lipinski definition) is 2. The van der Waals surface area contributed by atoms with Crippen LogP contribution in [0.15, 0.2) is 84.9 Å². The molecule has 8 nitrogen and oxygen atoms in total. The van der Waals surface area contributed by atoms with Crippen LogP contribution in [0.3, 0.4) is 0 Å². The maximum absolute atomic E-state index is 14.5. The van der Waals surface area contributed by atoms with Gasteiger partial charge >= 0.3 is 0 Å². The molecular formula is C40H48N6O2. The van der Waals surface area contributed by atoms with Gasteiger partial charge in [0.05, 0.1) is 28.9 Å². The van der Waals surface area contributed by atoms with Gasteiger partial charge in [-0.1, -0.05) is 72.8 Å². The predicted octanol–water partition coefficient (Wildman–Crippen LogP) is 7.54. The van der Waals surface area contributed by atoms with Gasteiger partial charge in [0, 0.05) is 31.7 Å². The molecule has 8 heteroatoms. The first-order chi connectivity index (χ1) is 23.3. The van der Waals surface area contributed by atoms with Crippen molar-refractivity contribution >= 4 is 23.6 Å². The van der Waals surface area contributed by atoms with Crippen LogP contribution in [0.5, 0.6) is 0 Å². The summed E-state index contributed by atoms with van der Waals surface area (Å²) in [5.41, 5.74) is 5.36. The Labute approximate surface area is 285 Å². The molecule has 2 aliphatic rings. The maximum Gasteiger partial charge on any atom is 0.255 e. The zero-order valence-electron chi connectivity index (χ0n) is 28.7. The highest BCUT2D eigenvalue weighted by Gasteiger charge is 2.32. The lowest BCUT2D eigenvalue weighted by molar-refractivity contribution is 0.0599. The first-order valence-corrected chi connectivity index (χ1v) is 17.5. The topological polar surface area (TPSA) is 90.5 Å². The van der Waals surface area contributed by atoms with E-state index in [9.17, 15) is 9.59 Å². The van der Waals surface area contributed by atoms with Crippen molar-refractivity contribution in [3.63, 3.8) is 0 Å². The van der Waals surface area contributed by atoms with E-state index in [1.54, 1.807) is 12.1 Å². The van der Waals surface area contributed by atoms with Crippen molar-refractivity contribution in [1.82, 2.24) is 20.2 Å². The number of nitrogens with one attached hydrogen (secondary N) is 2. The Balaban J connectivity index is 1.14. The number of carbonyl (C=O) groups excluding carboxylic acids is 2. The van der Waals surface area contributed by atoms with Crippen LogP contribution < -0.4 is 15.5 Å². The van der Waals surface area contributed by atoms with E-state index < -0.39 is 0 Å². The number of carbonyl (C=O) groups is 2. The molecule has 4 aromatic rings. The van der Waals surface area contributed by atoms with Crippen LogP contribution in [-0.2, 0) is 12.8 Å². The van der Waals surface area contributed by atoms with Crippen LogP contribution in [0.25, 0.3) is 0 Å². The standard InChI is InChI=1S/C40H48N6O2/c1-27(29-15-7-5-8-16-29)46(28(2)30-17-9-6-10-18-30)39(48)34-20-12-11-19-33(34)38(47)41-31-23-25-32(26-24-31)42-40-43-36-22-14-13-21-35(36)37(44-40)45(3)4/h5-12,15-20,27-28,31-32H,13-14,21-26H2,1-4H3,(H,41,47)(H,42,43,44)/t27-,28?,31?,32?/m0/s1. The number of hydrogen-bond acceptors (Lipinski definition) is 6. The normalized spacial score (nSPS) is 18.6. The predicted molar refractivity (Wildman–Crippen MR) is 192 cm³/mol. The van der Waals surface area contributed by atoms with Gasteiger partial charge in [-0.2, -0.15) is 4.98 Å². The minimum absolute atomic E-state index is 0.0306. The highest BCUT2D eigenvalue weighted by molar-refractivity contribution is 6.07. The molecule has 1 fully saturated rings. The van der Waals surface area contributed by atoms with Gasteiger partial charge < -0.3 is 20.4 Å². The Bertz CT molecular complexity index is 1660. The molecule has 3 aromatic carbocycles. The summed E-state index contributed by atoms with van der Waals surface area (Å²) in [5, 5.41) is 6.87. The molecule has 0 radical (unpaired) electrons. The Morgan fingerprint density at radius 2 is 1.25 bits per heavy atom. The number of aryl methyl sites for hydroxylation is 1. The second kappa shape index (κ2) is 15.0. The average Bonchev–Trinajstić information content (AvgIpc) is 3.12. The lowest BCUT2D eigenvalue weighted by Gasteiger charge is -2.36. The molecule has 1 unspecified atom stereocenters. The highest BCUT2D eigenvalue weighted by atomic mass is 16.2. The van der Waals surface area contributed by atoms with Crippen molar-refractivity contribution in [2.75, 3.05) is 24.3 Å². The fourth-order valence-electron chi connectivity index (χ4n) is 7.31. The third-order valence-corrected chi connectivity index (χ3v) is 10.0. The fraction of sp³-hybridized carbons (Fsp3) is 0.400. The minimum atomic E-state index is -0.208. The van der Waals surface area contributed by atoms with E-state index in [4.69, 9.17) is 9.97 Å². The van der Waals surface area contributed by atoms with Gasteiger partial charge in [-0.15, -0.1) is 0 Å². The Morgan fingerprint density at radius 3 is 1.85 bits per heavy atom. The lowest BCUT2D eigenvalue weighted by atomic mass is 9.90. The summed E-state index contributed by atoms with van der Waals surface area (Å²) >= 11 is 0. The fourth-order valence-corrected chi connectivity index (χ4v) is 7.31. The highest BCUT2D eigenvalue weighted by Crippen LogP contribution is 2.33. The smallest absolute Gasteiger partial charge is 0.255 e. The minimum Gasteiger partial charge on any atom is -0.362 e. The Hall–Kier alpha value is -4.72. The van der Waals surface area contributed by atoms with Crippen LogP contribution in [0.1, 0.15) is 108 Å². The first-order valence-electron chi connectivity index (χ1n) is 17.5. The molecule has 2 N–H and O–H groups in total. The third-order valence-electron chi connectivity index (χ3n) is 10.0. The van der Waals surface area contributed by atoms with Crippen LogP contribution in [0, 0.1) is 0 Å². The van der Waals surface area contributed by atoms with E-state index in [1.807, 2.05) is 91.8 Å². The summed E-state index contributed by atoms with van der Waals surface area (Å²) in [6.45, 7) is 4.11. The summed E-state index contributed by atoms with van der Waals surface area (Å²) < 4.78 is 0. The van der Waals surface area contributed by atoms with Crippen molar-refractivity contribution < 1.29 is 9.59 Å². The van der Waals surface area contributed by atoms with Crippen molar-refractivity contribution in [3.8, 4) is 0 Å². The number of benzene rings is 3. The van der Waals surface area contributed by atoms with Gasteiger partial charge in [0.15, 0.2) is 0 Å². The van der Waals surface area contributed by atoms with E-state index in [0.29, 0.717) is 17.1 Å². The molecule has 0 saturated heterocycles. The molecule has 0 aliphatic heterocycles. The SMILES string of the molecule is CC(c1ccccc1)N(C(=O)c1ccccc1C(=O)NC1CCC(Nc2nc3c(c(N(C)C)n2)CCCC3)CC1)[C@@H](C)c1ccccc1. The molecular weight excluding hydrogens is 596 g/mol. The molecule has 250 valence electrons. The second-order valence-electron chi connectivity index (χ2n) is 13.5. The van der Waals surface area contributed by atoms with Gasteiger partial charge in [-0.05, 0) is 88.5 Å². The molecule has 2 atom stereocenters. The van der Waals surface area contributed by atoms with Crippen LogP contribution in [0.2, 0.25) is 0 Å². The van der Waals surface area contributed by atoms with Gasteiger partial charge in [-0.3, -0.25) is 9.59 Å². The van der Waals surface area contributed by atoms with Crippen molar-refractivity contribution in [3.05, 3.63) is 118 Å². The molecule has 1 heterocycles. The van der Waals surface area contributed by atoms with Gasteiger partial charge in [0.1, 0.15) is 5.82 Å². The summed E-state index contributed by atoms with van der Waals surface area (Å²) in [5.74, 6) is 1.36. The van der Waals surface area contributed by atoms with Gasteiger partial charge in [0.2, 0.25) is 5.95 Å². The van der Waals surface area contributed by atoms with Crippen molar-refractivity contribution in [1.29, 1.82) is 0 Å². The zero-order valence-corrected chi connectivity index (χ0v) is 28.7. The summed E-state index contributed by atoms with van der Waals surface area (Å²) in [4.78, 5) is 42.1. The van der Waals surface area contributed by atoms with Gasteiger partial charge in [0.25, 0.3) is 11.8 Å². The average molecular weight is 645 g/mol. The number of aromatic nitrogens is 2. The number of rotatable bonds is 10. The van der Waals surface area contributed by atoms with Crippen LogP contribution in [0.4, 0.5) is 11.8 Å². The second-order valence-corrected chi connectivity index (χ2v) is 13.5. The third kappa shape index (κ3) is 7.38. The molecule has 0 bridgehead atoms. The van der Waals surface area contributed by atoms with E-state index in [2.05, 4.69) is 29.4 Å². The molecule has 2 amide bonds. The Kier molecular flexibility index (Phi) is 10.4. The summed E-state index contributed by atoms with van der Waals surface area (Å²) in [6.07, 6.45) is 7.89. The van der Waals surface area contributed by atoms with Crippen molar-refractivity contribution in [2.45, 2.75) is 89.4 Å². The zero-order chi connectivity index (χ0) is 33.6. The van der Waals surface area contributed by atoms with E-state index in [1.165, 1.54) is 24.1 Å². The van der Waals surface area contributed by atoms with Gasteiger partial charge in [-0.25, -0.2) is 4.98 Å². The molecule has 48 heavy (non-hydrogen) atoms. The molecule has 2 aliphatic carbocycles. The number of amides is 2. The number of nitrogens with zero attached hydrogens (tertiary/aromatic N) is 4. The van der Waals surface area contributed by atoms with E-state index in [-0.39, 0.29) is 36.0 Å². The van der Waals surface area contributed by atoms with Crippen molar-refractivity contribution in [2.24, 2.45) is 0 Å². The Morgan fingerprint density at radius 1 is 0.708 bits per heavy atom. The van der Waals surface area contributed by atoms with E-state index >= 15 is 0 Å². The number of anilines is 2. The largest absolute Gasteiger partial charge is 0.362 e. The quantitative estimate of drug-likeness (QED) is 0.185. The molecule has 1 saturated carbocycles. The lowest BCUT2D eigenvalue weighted by Crippen LogP contribution is -2.41.